The molecular weight excluding hydrogens is 384 g/mol. The number of hydrogen-bond acceptors (Lipinski definition) is 4. The molecule has 0 unspecified atom stereocenters. The summed E-state index contributed by atoms with van der Waals surface area (Å²) in [6, 6.07) is 10.4. The monoisotopic (exact) mass is 412 g/mol. The second kappa shape index (κ2) is 9.66. The lowest BCUT2D eigenvalue weighted by atomic mass is 10.0. The summed E-state index contributed by atoms with van der Waals surface area (Å²) < 4.78 is 0. The Bertz CT molecular complexity index is 886. The molecule has 0 atom stereocenters. The fourth-order valence-electron chi connectivity index (χ4n) is 3.11. The molecule has 2 aromatic rings. The molecule has 1 saturated heterocycles. The number of benzene rings is 2. The van der Waals surface area contributed by atoms with E-state index in [1.165, 1.54) is 11.1 Å². The maximum absolute atomic E-state index is 12.8. The van der Waals surface area contributed by atoms with Crippen molar-refractivity contribution in [1.29, 1.82) is 0 Å². The van der Waals surface area contributed by atoms with E-state index < -0.39 is 0 Å². The number of nitrogens with zero attached hydrogens (tertiary/aromatic N) is 2. The first kappa shape index (κ1) is 21.0. The van der Waals surface area contributed by atoms with Gasteiger partial charge in [0.05, 0.1) is 17.8 Å². The van der Waals surface area contributed by atoms with Gasteiger partial charge in [0, 0.05) is 35.1 Å². The topological polar surface area (TPSA) is 32.7 Å². The molecule has 0 N–H and O–H groups in total. The van der Waals surface area contributed by atoms with Crippen LogP contribution in [0.15, 0.2) is 40.2 Å². The number of aryl methyl sites for hydroxylation is 4. The lowest BCUT2D eigenvalue weighted by molar-refractivity contribution is 0.102. The molecule has 148 valence electrons. The Morgan fingerprint density at radius 2 is 1.79 bits per heavy atom. The predicted octanol–water partition coefficient (Wildman–Crippen LogP) is 5.60. The molecule has 2 aromatic carbocycles. The van der Waals surface area contributed by atoms with Crippen LogP contribution < -0.4 is 0 Å². The van der Waals surface area contributed by atoms with Gasteiger partial charge >= 0.3 is 0 Å². The maximum Gasteiger partial charge on any atom is 0.173 e. The Morgan fingerprint density at radius 1 is 1.04 bits per heavy atom. The lowest BCUT2D eigenvalue weighted by Gasteiger charge is -2.23. The molecule has 1 heterocycles. The van der Waals surface area contributed by atoms with Crippen LogP contribution in [-0.2, 0) is 0 Å². The molecular formula is C23H28N2OS2. The standard InChI is InChI=1S/C23H28N2OS2/c1-16-5-6-20(11-17(16)2)28-14-23(26)21-12-19(4)22(13-18(21)3)24-15-25-7-9-27-10-8-25/h5-6,11-13,15H,7-10,14H2,1-4H3. The summed E-state index contributed by atoms with van der Waals surface area (Å²) >= 11 is 3.60. The van der Waals surface area contributed by atoms with Gasteiger partial charge in [0.25, 0.3) is 0 Å². The third-order valence-corrected chi connectivity index (χ3v) is 7.03. The first-order valence-electron chi connectivity index (χ1n) is 9.64. The molecule has 1 fully saturated rings. The number of carbonyl (C=O) groups excluding carboxylic acids is 1. The Morgan fingerprint density at radius 3 is 2.50 bits per heavy atom. The fraction of sp³-hybridized carbons (Fsp3) is 0.391. The number of hydrogen-bond donors (Lipinski definition) is 0. The van der Waals surface area contributed by atoms with Gasteiger partial charge in [0.2, 0.25) is 0 Å². The van der Waals surface area contributed by atoms with Gasteiger partial charge in [-0.3, -0.25) is 4.79 Å². The molecule has 0 spiro atoms. The number of aliphatic imine (C=N–C) groups is 1. The minimum Gasteiger partial charge on any atom is -0.361 e. The van der Waals surface area contributed by atoms with Crippen LogP contribution in [0.3, 0.4) is 0 Å². The van der Waals surface area contributed by atoms with E-state index in [-0.39, 0.29) is 5.78 Å². The van der Waals surface area contributed by atoms with Crippen LogP contribution in [0.1, 0.15) is 32.6 Å². The van der Waals surface area contributed by atoms with Crippen molar-refractivity contribution in [3.05, 3.63) is 58.1 Å². The molecule has 0 aromatic heterocycles. The Labute approximate surface area is 177 Å². The summed E-state index contributed by atoms with van der Waals surface area (Å²) in [5.74, 6) is 2.95. The Balaban J connectivity index is 1.67. The molecule has 5 heteroatoms. The molecule has 3 rings (SSSR count). The van der Waals surface area contributed by atoms with Gasteiger partial charge in [-0.1, -0.05) is 6.07 Å². The van der Waals surface area contributed by atoms with Crippen molar-refractivity contribution < 1.29 is 4.79 Å². The van der Waals surface area contributed by atoms with Crippen molar-refractivity contribution in [1.82, 2.24) is 4.90 Å². The molecule has 0 radical (unpaired) electrons. The van der Waals surface area contributed by atoms with Gasteiger partial charge in [-0.2, -0.15) is 11.8 Å². The van der Waals surface area contributed by atoms with Crippen molar-refractivity contribution in [3.8, 4) is 0 Å². The van der Waals surface area contributed by atoms with Crippen LogP contribution in [-0.4, -0.2) is 47.4 Å². The van der Waals surface area contributed by atoms with Crippen LogP contribution in [0.5, 0.6) is 0 Å². The summed E-state index contributed by atoms with van der Waals surface area (Å²) in [6.07, 6.45) is 1.96. The van der Waals surface area contributed by atoms with Gasteiger partial charge < -0.3 is 4.90 Å². The highest BCUT2D eigenvalue weighted by atomic mass is 32.2. The second-order valence-corrected chi connectivity index (χ2v) is 9.58. The van der Waals surface area contributed by atoms with Crippen molar-refractivity contribution in [3.63, 3.8) is 0 Å². The zero-order chi connectivity index (χ0) is 20.1. The minimum atomic E-state index is 0.174. The molecule has 0 saturated carbocycles. The molecule has 1 aliphatic rings. The first-order valence-corrected chi connectivity index (χ1v) is 11.8. The largest absolute Gasteiger partial charge is 0.361 e. The van der Waals surface area contributed by atoms with Gasteiger partial charge in [0.1, 0.15) is 0 Å². The first-order chi connectivity index (χ1) is 13.4. The summed E-state index contributed by atoms with van der Waals surface area (Å²) in [5.41, 5.74) is 6.35. The average Bonchev–Trinajstić information content (AvgIpc) is 2.69. The van der Waals surface area contributed by atoms with Gasteiger partial charge in [-0.15, -0.1) is 11.8 Å². The number of ketones is 1. The predicted molar refractivity (Wildman–Crippen MR) is 124 cm³/mol. The summed E-state index contributed by atoms with van der Waals surface area (Å²) in [4.78, 5) is 20.9. The van der Waals surface area contributed by atoms with E-state index in [1.807, 2.05) is 44.1 Å². The van der Waals surface area contributed by atoms with Crippen molar-refractivity contribution >= 4 is 41.3 Å². The number of Topliss-reactive ketones (excluding diaryl/α,β-unsaturated/α-hetero) is 1. The Hall–Kier alpha value is -1.72. The van der Waals surface area contributed by atoms with Crippen molar-refractivity contribution in [2.24, 2.45) is 4.99 Å². The van der Waals surface area contributed by atoms with E-state index in [9.17, 15) is 4.79 Å². The minimum absolute atomic E-state index is 0.174. The van der Waals surface area contributed by atoms with E-state index in [2.05, 4.69) is 41.9 Å². The molecule has 0 bridgehead atoms. The molecule has 0 amide bonds. The zero-order valence-corrected chi connectivity index (χ0v) is 18.8. The summed E-state index contributed by atoms with van der Waals surface area (Å²) in [6.45, 7) is 10.4. The van der Waals surface area contributed by atoms with Crippen LogP contribution in [0.2, 0.25) is 0 Å². The number of rotatable bonds is 6. The number of carbonyl (C=O) groups is 1. The van der Waals surface area contributed by atoms with Gasteiger partial charge in [-0.05, 0) is 74.2 Å². The van der Waals surface area contributed by atoms with Gasteiger partial charge in [0.15, 0.2) is 5.78 Å². The third kappa shape index (κ3) is 5.42. The summed E-state index contributed by atoms with van der Waals surface area (Å²) in [7, 11) is 0. The lowest BCUT2D eigenvalue weighted by Crippen LogP contribution is -2.31. The molecule has 0 aliphatic carbocycles. The van der Waals surface area contributed by atoms with Crippen LogP contribution >= 0.6 is 23.5 Å². The molecule has 28 heavy (non-hydrogen) atoms. The number of thioether (sulfide) groups is 2. The summed E-state index contributed by atoms with van der Waals surface area (Å²) in [5, 5.41) is 0. The van der Waals surface area contributed by atoms with E-state index in [0.717, 1.165) is 51.9 Å². The Kier molecular flexibility index (Phi) is 7.24. The van der Waals surface area contributed by atoms with Crippen LogP contribution in [0.25, 0.3) is 0 Å². The SMILES string of the molecule is Cc1ccc(SCC(=O)c2cc(C)c(N=CN3CCSCC3)cc2C)cc1C. The molecule has 1 aliphatic heterocycles. The average molecular weight is 413 g/mol. The van der Waals surface area contributed by atoms with Crippen LogP contribution in [0, 0.1) is 27.7 Å². The maximum atomic E-state index is 12.8. The van der Waals surface area contributed by atoms with Gasteiger partial charge in [-0.25, -0.2) is 4.99 Å². The van der Waals surface area contributed by atoms with E-state index in [0.29, 0.717) is 5.75 Å². The second-order valence-electron chi connectivity index (χ2n) is 7.30. The highest BCUT2D eigenvalue weighted by molar-refractivity contribution is 8.00. The normalized spacial score (nSPS) is 14.6. The van der Waals surface area contributed by atoms with Crippen LogP contribution in [0.4, 0.5) is 5.69 Å². The fourth-order valence-corrected chi connectivity index (χ4v) is 4.92. The highest BCUT2D eigenvalue weighted by Gasteiger charge is 2.13. The van der Waals surface area contributed by atoms with Crippen molar-refractivity contribution in [2.45, 2.75) is 32.6 Å². The van der Waals surface area contributed by atoms with Crippen molar-refractivity contribution in [2.75, 3.05) is 30.3 Å². The van der Waals surface area contributed by atoms with E-state index >= 15 is 0 Å². The quantitative estimate of drug-likeness (QED) is 0.267. The van der Waals surface area contributed by atoms with E-state index in [1.54, 1.807) is 11.8 Å². The zero-order valence-electron chi connectivity index (χ0n) is 17.1. The molecule has 3 nitrogen and oxygen atoms in total. The van der Waals surface area contributed by atoms with E-state index in [4.69, 9.17) is 0 Å². The highest BCUT2D eigenvalue weighted by Crippen LogP contribution is 2.26. The smallest absolute Gasteiger partial charge is 0.173 e. The third-order valence-electron chi connectivity index (χ3n) is 5.10.